The maximum atomic E-state index is 12.6. The van der Waals surface area contributed by atoms with Crippen LogP contribution >= 0.6 is 12.4 Å². The average molecular weight is 385 g/mol. The number of aromatic nitrogens is 2. The molecule has 7 nitrogen and oxygen atoms in total. The van der Waals surface area contributed by atoms with Crippen molar-refractivity contribution in [3.05, 3.63) is 46.8 Å². The van der Waals surface area contributed by atoms with E-state index in [1.807, 2.05) is 30.3 Å². The Morgan fingerprint density at radius 2 is 1.85 bits per heavy atom. The number of nitrogens with one attached hydrogen (secondary N) is 1. The molecule has 0 saturated heterocycles. The first-order valence-corrected chi connectivity index (χ1v) is 8.39. The molecule has 3 N–H and O–H groups in total. The molecule has 0 saturated carbocycles. The summed E-state index contributed by atoms with van der Waals surface area (Å²) in [7, 11) is 1.55. The molecular weight excluding hydrogens is 356 g/mol. The van der Waals surface area contributed by atoms with Gasteiger partial charge < -0.3 is 20.4 Å². The normalized spacial score (nSPS) is 10.0. The average Bonchev–Trinajstić information content (AvgIpc) is 2.63. The Morgan fingerprint density at radius 3 is 2.42 bits per heavy atom. The van der Waals surface area contributed by atoms with Crippen LogP contribution in [0.2, 0.25) is 0 Å². The summed E-state index contributed by atoms with van der Waals surface area (Å²) in [5.41, 5.74) is 1.04. The fourth-order valence-corrected chi connectivity index (χ4v) is 2.51. The Labute approximate surface area is 160 Å². The Balaban J connectivity index is 0.00000312. The molecule has 0 atom stereocenters. The van der Waals surface area contributed by atoms with Gasteiger partial charge >= 0.3 is 0 Å². The maximum Gasteiger partial charge on any atom is 0.295 e. The predicted molar refractivity (Wildman–Crippen MR) is 108 cm³/mol. The lowest BCUT2D eigenvalue weighted by molar-refractivity contribution is 0.303. The quantitative estimate of drug-likeness (QED) is 0.667. The highest BCUT2D eigenvalue weighted by Crippen LogP contribution is 2.12. The van der Waals surface area contributed by atoms with Crippen molar-refractivity contribution in [3.8, 4) is 11.6 Å². The van der Waals surface area contributed by atoms with Gasteiger partial charge in [0.05, 0.1) is 12.8 Å². The summed E-state index contributed by atoms with van der Waals surface area (Å²) in [6.07, 6.45) is 0.969. The molecule has 0 aliphatic rings. The second-order valence-electron chi connectivity index (χ2n) is 5.46. The van der Waals surface area contributed by atoms with E-state index in [2.05, 4.69) is 29.2 Å². The Kier molecular flexibility index (Phi) is 11.3. The van der Waals surface area contributed by atoms with Crippen LogP contribution in [0.1, 0.15) is 20.3 Å². The number of rotatable bonds is 9. The van der Waals surface area contributed by atoms with Gasteiger partial charge in [0.25, 0.3) is 5.56 Å². The zero-order valence-corrected chi connectivity index (χ0v) is 16.4. The molecule has 0 aliphatic carbocycles. The van der Waals surface area contributed by atoms with Crippen LogP contribution in [0.15, 0.2) is 41.2 Å². The predicted octanol–water partition coefficient (Wildman–Crippen LogP) is 1.98. The van der Waals surface area contributed by atoms with Gasteiger partial charge in [-0.2, -0.15) is 4.68 Å². The molecule has 0 spiro atoms. The van der Waals surface area contributed by atoms with E-state index in [1.54, 1.807) is 13.2 Å². The van der Waals surface area contributed by atoms with Crippen molar-refractivity contribution in [2.24, 2.45) is 0 Å². The molecule has 0 radical (unpaired) electrons. The summed E-state index contributed by atoms with van der Waals surface area (Å²) in [5.74, 6) is 0.407. The van der Waals surface area contributed by atoms with Crippen molar-refractivity contribution in [3.63, 3.8) is 0 Å². The molecule has 8 heteroatoms. The Hall–Kier alpha value is -2.09. The monoisotopic (exact) mass is 384 g/mol. The van der Waals surface area contributed by atoms with Gasteiger partial charge in [-0.25, -0.2) is 0 Å². The van der Waals surface area contributed by atoms with Crippen molar-refractivity contribution in [2.75, 3.05) is 38.6 Å². The van der Waals surface area contributed by atoms with Gasteiger partial charge in [-0.15, -0.1) is 17.5 Å². The third kappa shape index (κ3) is 6.33. The van der Waals surface area contributed by atoms with Crippen LogP contribution < -0.4 is 15.6 Å². The first-order valence-electron chi connectivity index (χ1n) is 8.39. The molecule has 1 aromatic carbocycles. The van der Waals surface area contributed by atoms with E-state index in [0.717, 1.165) is 32.6 Å². The molecule has 0 aliphatic heterocycles. The van der Waals surface area contributed by atoms with Gasteiger partial charge in [0.2, 0.25) is 5.88 Å². The molecule has 146 valence electrons. The third-order valence-electron chi connectivity index (χ3n) is 3.96. The number of nitrogens with zero attached hydrogens (tertiary/aromatic N) is 3. The summed E-state index contributed by atoms with van der Waals surface area (Å²) in [4.78, 5) is 15.0. The highest BCUT2D eigenvalue weighted by molar-refractivity contribution is 5.85. The third-order valence-corrected chi connectivity index (χ3v) is 3.96. The van der Waals surface area contributed by atoms with Gasteiger partial charge in [0.15, 0.2) is 0 Å². The number of ether oxygens (including phenoxy) is 1. The SMILES string of the molecule is CCN(CC)CCCNc1cc(OC)nn(-c2ccccc2)c1=O.Cl.O. The van der Waals surface area contributed by atoms with Gasteiger partial charge in [-0.3, -0.25) is 4.79 Å². The van der Waals surface area contributed by atoms with E-state index >= 15 is 0 Å². The summed E-state index contributed by atoms with van der Waals surface area (Å²) in [6.45, 7) is 8.13. The molecule has 2 rings (SSSR count). The van der Waals surface area contributed by atoms with Crippen molar-refractivity contribution < 1.29 is 10.2 Å². The van der Waals surface area contributed by atoms with E-state index in [0.29, 0.717) is 17.3 Å². The molecule has 1 heterocycles. The summed E-state index contributed by atoms with van der Waals surface area (Å²) in [5, 5.41) is 7.46. The van der Waals surface area contributed by atoms with Crippen molar-refractivity contribution in [1.29, 1.82) is 0 Å². The lowest BCUT2D eigenvalue weighted by Gasteiger charge is -2.18. The fraction of sp³-hybridized carbons (Fsp3) is 0.444. The molecule has 0 bridgehead atoms. The Morgan fingerprint density at radius 1 is 1.19 bits per heavy atom. The summed E-state index contributed by atoms with van der Waals surface area (Å²) in [6, 6.07) is 11.0. The van der Waals surface area contributed by atoms with E-state index in [9.17, 15) is 4.79 Å². The topological polar surface area (TPSA) is 90.9 Å². The molecule has 0 amide bonds. The van der Waals surface area contributed by atoms with Gasteiger partial charge in [-0.1, -0.05) is 32.0 Å². The first kappa shape index (κ1) is 23.9. The van der Waals surface area contributed by atoms with Crippen LogP contribution in [0.4, 0.5) is 5.69 Å². The van der Waals surface area contributed by atoms with E-state index < -0.39 is 0 Å². The maximum absolute atomic E-state index is 12.6. The lowest BCUT2D eigenvalue weighted by atomic mass is 10.3. The Bertz CT molecular complexity index is 691. The molecule has 26 heavy (non-hydrogen) atoms. The van der Waals surface area contributed by atoms with Crippen LogP contribution in [0.25, 0.3) is 5.69 Å². The van der Waals surface area contributed by atoms with Crippen LogP contribution in [0, 0.1) is 0 Å². The van der Waals surface area contributed by atoms with E-state index in [1.165, 1.54) is 4.68 Å². The number of halogens is 1. The lowest BCUT2D eigenvalue weighted by Crippen LogP contribution is -2.27. The number of benzene rings is 1. The minimum atomic E-state index is -0.176. The van der Waals surface area contributed by atoms with Gasteiger partial charge in [0.1, 0.15) is 5.69 Å². The highest BCUT2D eigenvalue weighted by atomic mass is 35.5. The van der Waals surface area contributed by atoms with Crippen LogP contribution in [-0.4, -0.2) is 53.4 Å². The number of hydrogen-bond acceptors (Lipinski definition) is 5. The van der Waals surface area contributed by atoms with E-state index in [-0.39, 0.29) is 23.4 Å². The van der Waals surface area contributed by atoms with Crippen molar-refractivity contribution in [1.82, 2.24) is 14.7 Å². The number of methoxy groups -OCH3 is 1. The number of anilines is 1. The van der Waals surface area contributed by atoms with Crippen LogP contribution in [-0.2, 0) is 0 Å². The standard InChI is InChI=1S/C18H26N4O2.ClH.H2O/c1-4-21(5-2)13-9-12-19-16-14-17(24-3)20-22(18(16)23)15-10-7-6-8-11-15;;/h6-8,10-11,14,19H,4-5,9,12-13H2,1-3H3;1H;1H2. The summed E-state index contributed by atoms with van der Waals surface area (Å²) >= 11 is 0. The van der Waals surface area contributed by atoms with Gasteiger partial charge in [-0.05, 0) is 38.2 Å². The first-order chi connectivity index (χ1) is 11.7. The highest BCUT2D eigenvalue weighted by Gasteiger charge is 2.10. The molecule has 0 unspecified atom stereocenters. The largest absolute Gasteiger partial charge is 0.480 e. The zero-order chi connectivity index (χ0) is 17.4. The summed E-state index contributed by atoms with van der Waals surface area (Å²) < 4.78 is 6.60. The smallest absolute Gasteiger partial charge is 0.295 e. The molecule has 1 aromatic heterocycles. The van der Waals surface area contributed by atoms with E-state index in [4.69, 9.17) is 4.74 Å². The fourth-order valence-electron chi connectivity index (χ4n) is 2.51. The molecular formula is C18H29ClN4O3. The van der Waals surface area contributed by atoms with Crippen molar-refractivity contribution >= 4 is 18.1 Å². The molecule has 2 aromatic rings. The van der Waals surface area contributed by atoms with Gasteiger partial charge in [0, 0.05) is 12.6 Å². The molecule has 0 fully saturated rings. The number of hydrogen-bond donors (Lipinski definition) is 1. The van der Waals surface area contributed by atoms with Crippen molar-refractivity contribution in [2.45, 2.75) is 20.3 Å². The van der Waals surface area contributed by atoms with Crippen LogP contribution in [0.3, 0.4) is 0 Å². The van der Waals surface area contributed by atoms with Crippen LogP contribution in [0.5, 0.6) is 5.88 Å². The minimum Gasteiger partial charge on any atom is -0.480 e. The minimum absolute atomic E-state index is 0. The number of para-hydroxylation sites is 1. The second kappa shape index (κ2) is 12.3. The zero-order valence-electron chi connectivity index (χ0n) is 15.6. The second-order valence-corrected chi connectivity index (χ2v) is 5.46.